The maximum absolute atomic E-state index is 12.3. The van der Waals surface area contributed by atoms with Crippen molar-refractivity contribution in [3.05, 3.63) is 29.8 Å². The van der Waals surface area contributed by atoms with E-state index in [1.807, 2.05) is 0 Å². The number of rotatable bonds is 6. The first-order valence-corrected chi connectivity index (χ1v) is 8.82. The van der Waals surface area contributed by atoms with E-state index in [0.717, 1.165) is 0 Å². The van der Waals surface area contributed by atoms with E-state index in [0.29, 0.717) is 10.7 Å². The minimum atomic E-state index is -4.10. The monoisotopic (exact) mass is 354 g/mol. The van der Waals surface area contributed by atoms with Crippen molar-refractivity contribution in [1.29, 1.82) is 0 Å². The van der Waals surface area contributed by atoms with Gasteiger partial charge in [-0.3, -0.25) is 9.59 Å². The van der Waals surface area contributed by atoms with E-state index in [1.54, 1.807) is 13.8 Å². The van der Waals surface area contributed by atoms with Crippen LogP contribution in [-0.2, 0) is 19.6 Å². The molecule has 130 valence electrons. The summed E-state index contributed by atoms with van der Waals surface area (Å²) in [6, 6.07) is 4.52. The molecule has 0 spiro atoms. The number of sulfonamides is 1. The molecule has 2 atom stereocenters. The number of carboxylic acid groups (broad SMARTS) is 1. The molecule has 1 aliphatic rings. The molecular weight excluding hydrogens is 336 g/mol. The quantitative estimate of drug-likeness (QED) is 0.765. The number of nitrogens with one attached hydrogen (secondary N) is 1. The standard InChI is InChI=1S/C15H18N2O6S/c1-3-9(2)13(15(20)21)16-12(18)8-17-14(19)10-6-4-5-7-11(10)24(17,22)23/h4-7,9,13H,3,8H2,1-2H3,(H,16,18)(H,20,21). The van der Waals surface area contributed by atoms with Crippen LogP contribution < -0.4 is 5.32 Å². The minimum Gasteiger partial charge on any atom is -0.480 e. The molecule has 24 heavy (non-hydrogen) atoms. The number of hydrogen-bond acceptors (Lipinski definition) is 5. The number of carboxylic acids is 1. The van der Waals surface area contributed by atoms with E-state index in [-0.39, 0.29) is 16.4 Å². The second-order valence-electron chi connectivity index (χ2n) is 5.58. The molecule has 0 fully saturated rings. The van der Waals surface area contributed by atoms with Gasteiger partial charge in [-0.15, -0.1) is 0 Å². The summed E-state index contributed by atoms with van der Waals surface area (Å²) in [4.78, 5) is 35.4. The van der Waals surface area contributed by atoms with Crippen molar-refractivity contribution in [2.45, 2.75) is 31.2 Å². The van der Waals surface area contributed by atoms with Crippen molar-refractivity contribution in [3.63, 3.8) is 0 Å². The fourth-order valence-corrected chi connectivity index (χ4v) is 3.94. The third-order valence-corrected chi connectivity index (χ3v) is 5.78. The largest absolute Gasteiger partial charge is 0.480 e. The second-order valence-corrected chi connectivity index (χ2v) is 7.41. The van der Waals surface area contributed by atoms with Gasteiger partial charge in [-0.05, 0) is 18.1 Å². The third kappa shape index (κ3) is 3.12. The van der Waals surface area contributed by atoms with Crippen LogP contribution in [0.4, 0.5) is 0 Å². The zero-order valence-electron chi connectivity index (χ0n) is 13.2. The van der Waals surface area contributed by atoms with Crippen molar-refractivity contribution < 1.29 is 27.9 Å². The Morgan fingerprint density at radius 3 is 2.46 bits per heavy atom. The van der Waals surface area contributed by atoms with Crippen LogP contribution in [0.25, 0.3) is 0 Å². The number of aliphatic carboxylic acids is 1. The SMILES string of the molecule is CCC(C)C(NC(=O)CN1C(=O)c2ccccc2S1(=O)=O)C(=O)O. The lowest BCUT2D eigenvalue weighted by Gasteiger charge is -2.21. The molecule has 2 rings (SSSR count). The Morgan fingerprint density at radius 1 is 1.29 bits per heavy atom. The fourth-order valence-electron chi connectivity index (χ4n) is 2.42. The molecule has 0 aromatic heterocycles. The number of carbonyl (C=O) groups excluding carboxylic acids is 2. The molecule has 8 nitrogen and oxygen atoms in total. The zero-order valence-corrected chi connectivity index (χ0v) is 14.0. The molecule has 1 aromatic rings. The molecule has 1 aliphatic heterocycles. The highest BCUT2D eigenvalue weighted by Gasteiger charge is 2.42. The van der Waals surface area contributed by atoms with Crippen LogP contribution in [-0.4, -0.2) is 48.2 Å². The molecule has 1 heterocycles. The second kappa shape index (κ2) is 6.60. The number of fused-ring (bicyclic) bond motifs is 1. The first-order valence-electron chi connectivity index (χ1n) is 7.38. The Bertz CT molecular complexity index is 789. The van der Waals surface area contributed by atoms with Gasteiger partial charge < -0.3 is 10.4 Å². The van der Waals surface area contributed by atoms with Gasteiger partial charge >= 0.3 is 5.97 Å². The van der Waals surface area contributed by atoms with Gasteiger partial charge in [0.2, 0.25) is 5.91 Å². The highest BCUT2D eigenvalue weighted by atomic mass is 32.2. The van der Waals surface area contributed by atoms with Crippen molar-refractivity contribution in [2.24, 2.45) is 5.92 Å². The van der Waals surface area contributed by atoms with Gasteiger partial charge in [0.25, 0.3) is 15.9 Å². The molecule has 2 N–H and O–H groups in total. The van der Waals surface area contributed by atoms with Crippen LogP contribution in [0.15, 0.2) is 29.2 Å². The van der Waals surface area contributed by atoms with E-state index in [4.69, 9.17) is 5.11 Å². The van der Waals surface area contributed by atoms with Crippen LogP contribution in [0, 0.1) is 5.92 Å². The van der Waals surface area contributed by atoms with E-state index >= 15 is 0 Å². The molecule has 1 aromatic carbocycles. The van der Waals surface area contributed by atoms with Crippen LogP contribution in [0.1, 0.15) is 30.6 Å². The molecule has 0 bridgehead atoms. The lowest BCUT2D eigenvalue weighted by Crippen LogP contribution is -2.49. The van der Waals surface area contributed by atoms with E-state index in [2.05, 4.69) is 5.32 Å². The molecule has 2 amide bonds. The van der Waals surface area contributed by atoms with Gasteiger partial charge in [-0.25, -0.2) is 17.5 Å². The maximum atomic E-state index is 12.3. The first-order chi connectivity index (χ1) is 11.2. The summed E-state index contributed by atoms with van der Waals surface area (Å²) >= 11 is 0. The number of amides is 2. The van der Waals surface area contributed by atoms with Crippen LogP contribution >= 0.6 is 0 Å². The highest BCUT2D eigenvalue weighted by molar-refractivity contribution is 7.90. The normalized spacial score (nSPS) is 17.9. The van der Waals surface area contributed by atoms with Gasteiger partial charge in [-0.2, -0.15) is 0 Å². The number of nitrogens with zero attached hydrogens (tertiary/aromatic N) is 1. The average molecular weight is 354 g/mol. The molecule has 2 unspecified atom stereocenters. The Labute approximate surface area is 139 Å². The first kappa shape index (κ1) is 17.9. The summed E-state index contributed by atoms with van der Waals surface area (Å²) in [6.07, 6.45) is 0.517. The maximum Gasteiger partial charge on any atom is 0.326 e. The lowest BCUT2D eigenvalue weighted by atomic mass is 9.99. The van der Waals surface area contributed by atoms with Gasteiger partial charge in [-0.1, -0.05) is 32.4 Å². The molecule has 0 aliphatic carbocycles. The molecule has 0 saturated heterocycles. The summed E-state index contributed by atoms with van der Waals surface area (Å²) in [5, 5.41) is 11.4. The van der Waals surface area contributed by atoms with Gasteiger partial charge in [0.05, 0.1) is 5.56 Å². The smallest absolute Gasteiger partial charge is 0.326 e. The highest BCUT2D eigenvalue weighted by Crippen LogP contribution is 2.29. The third-order valence-electron chi connectivity index (χ3n) is 3.99. The van der Waals surface area contributed by atoms with Crippen molar-refractivity contribution in [2.75, 3.05) is 6.54 Å². The van der Waals surface area contributed by atoms with Crippen molar-refractivity contribution in [1.82, 2.24) is 9.62 Å². The predicted octanol–water partition coefficient (Wildman–Crippen LogP) is 0.447. The van der Waals surface area contributed by atoms with E-state index < -0.39 is 40.4 Å². The Morgan fingerprint density at radius 2 is 1.92 bits per heavy atom. The molecular formula is C15H18N2O6S. The van der Waals surface area contributed by atoms with E-state index in [1.165, 1.54) is 24.3 Å². The molecule has 0 radical (unpaired) electrons. The average Bonchev–Trinajstić information content (AvgIpc) is 2.73. The van der Waals surface area contributed by atoms with E-state index in [9.17, 15) is 22.8 Å². The zero-order chi connectivity index (χ0) is 18.1. The summed E-state index contributed by atoms with van der Waals surface area (Å²) in [5.74, 6) is -3.19. The Kier molecular flexibility index (Phi) is 4.93. The van der Waals surface area contributed by atoms with Crippen molar-refractivity contribution in [3.8, 4) is 0 Å². The lowest BCUT2D eigenvalue weighted by molar-refractivity contribution is -0.143. The van der Waals surface area contributed by atoms with Crippen molar-refractivity contribution >= 4 is 27.8 Å². The van der Waals surface area contributed by atoms with Gasteiger partial charge in [0.15, 0.2) is 0 Å². The minimum absolute atomic E-state index is 0.00186. The number of benzene rings is 1. The summed E-state index contributed by atoms with van der Waals surface area (Å²) < 4.78 is 25.2. The predicted molar refractivity (Wildman–Crippen MR) is 83.7 cm³/mol. The molecule has 9 heteroatoms. The van der Waals surface area contributed by atoms with Gasteiger partial charge in [0, 0.05) is 0 Å². The van der Waals surface area contributed by atoms with Crippen LogP contribution in [0.5, 0.6) is 0 Å². The van der Waals surface area contributed by atoms with Crippen LogP contribution in [0.3, 0.4) is 0 Å². The fraction of sp³-hybridized carbons (Fsp3) is 0.400. The summed E-state index contributed by atoms with van der Waals surface area (Å²) in [7, 11) is -4.10. The summed E-state index contributed by atoms with van der Waals surface area (Å²) in [5.41, 5.74) is 0.00186. The topological polar surface area (TPSA) is 121 Å². The number of carbonyl (C=O) groups is 3. The number of hydrogen-bond donors (Lipinski definition) is 2. The van der Waals surface area contributed by atoms with Crippen LogP contribution in [0.2, 0.25) is 0 Å². The molecule has 0 saturated carbocycles. The Hall–Kier alpha value is -2.42. The Balaban J connectivity index is 2.19. The van der Waals surface area contributed by atoms with Gasteiger partial charge in [0.1, 0.15) is 17.5 Å². The summed E-state index contributed by atoms with van der Waals surface area (Å²) in [6.45, 7) is 2.68.